The molecular weight excluding hydrogens is 332 g/mol. The van der Waals surface area contributed by atoms with Crippen LogP contribution in [0.4, 0.5) is 8.78 Å². The maximum absolute atomic E-state index is 14.7. The third kappa shape index (κ3) is 2.48. The van der Waals surface area contributed by atoms with Crippen molar-refractivity contribution in [3.8, 4) is 11.3 Å². The van der Waals surface area contributed by atoms with Crippen molar-refractivity contribution in [2.24, 2.45) is 7.05 Å². The molecule has 0 bridgehead atoms. The number of aromatic nitrogens is 1. The normalized spacial score (nSPS) is 11.8. The molecule has 0 aliphatic rings. The number of fused-ring (bicyclic) bond motifs is 3. The largest absolute Gasteiger partial charge is 0.455 e. The summed E-state index contributed by atoms with van der Waals surface area (Å²) in [4.78, 5) is 0. The van der Waals surface area contributed by atoms with Gasteiger partial charge in [-0.15, -0.1) is 0 Å². The fraction of sp³-hybridized carbons (Fsp3) is 0.227. The Bertz CT molecular complexity index is 1160. The molecule has 2 aromatic carbocycles. The van der Waals surface area contributed by atoms with Crippen molar-refractivity contribution in [1.82, 2.24) is 0 Å². The van der Waals surface area contributed by atoms with E-state index < -0.39 is 5.82 Å². The number of rotatable bonds is 2. The third-order valence-electron chi connectivity index (χ3n) is 4.93. The Balaban J connectivity index is 2.08. The summed E-state index contributed by atoms with van der Waals surface area (Å²) in [5, 5.41) is 0.982. The Morgan fingerprint density at radius 1 is 1.04 bits per heavy atom. The Hall–Kier alpha value is -2.75. The van der Waals surface area contributed by atoms with E-state index in [-0.39, 0.29) is 5.82 Å². The summed E-state index contributed by atoms with van der Waals surface area (Å²) >= 11 is 0. The number of nitrogens with zero attached hydrogens (tertiary/aromatic N) is 1. The van der Waals surface area contributed by atoms with Crippen molar-refractivity contribution in [2.75, 3.05) is 0 Å². The SMILES string of the molecule is Cc1cc(F)c2c(oc3cc(F)ccc32)c1-c1ccc(C(C)C)c[n+]1C. The molecule has 26 heavy (non-hydrogen) atoms. The number of furan rings is 1. The summed E-state index contributed by atoms with van der Waals surface area (Å²) in [5.74, 6) is -0.339. The predicted molar refractivity (Wildman–Crippen MR) is 99.1 cm³/mol. The molecule has 0 radical (unpaired) electrons. The van der Waals surface area contributed by atoms with Gasteiger partial charge in [0.15, 0.2) is 11.8 Å². The lowest BCUT2D eigenvalue weighted by molar-refractivity contribution is -0.660. The van der Waals surface area contributed by atoms with Crippen molar-refractivity contribution in [3.05, 3.63) is 65.4 Å². The van der Waals surface area contributed by atoms with E-state index in [1.54, 1.807) is 6.07 Å². The summed E-state index contributed by atoms with van der Waals surface area (Å²) in [6.07, 6.45) is 2.08. The summed E-state index contributed by atoms with van der Waals surface area (Å²) in [6, 6.07) is 9.83. The van der Waals surface area contributed by atoms with Gasteiger partial charge in [0, 0.05) is 23.1 Å². The van der Waals surface area contributed by atoms with Crippen LogP contribution < -0.4 is 4.57 Å². The van der Waals surface area contributed by atoms with E-state index in [1.165, 1.54) is 23.8 Å². The minimum Gasteiger partial charge on any atom is -0.455 e. The van der Waals surface area contributed by atoms with Crippen molar-refractivity contribution in [1.29, 1.82) is 0 Å². The molecule has 2 heterocycles. The van der Waals surface area contributed by atoms with E-state index in [9.17, 15) is 8.78 Å². The molecule has 0 spiro atoms. The Kier molecular flexibility index (Phi) is 3.79. The van der Waals surface area contributed by atoms with Crippen molar-refractivity contribution < 1.29 is 17.8 Å². The first-order chi connectivity index (χ1) is 12.4. The fourth-order valence-electron chi connectivity index (χ4n) is 3.55. The number of hydrogen-bond donors (Lipinski definition) is 0. The maximum atomic E-state index is 14.7. The van der Waals surface area contributed by atoms with E-state index in [2.05, 4.69) is 26.1 Å². The van der Waals surface area contributed by atoms with Crippen LogP contribution in [0.1, 0.15) is 30.9 Å². The van der Waals surface area contributed by atoms with Gasteiger partial charge in [-0.25, -0.2) is 13.3 Å². The minimum absolute atomic E-state index is 0.354. The first-order valence-corrected chi connectivity index (χ1v) is 8.67. The lowest BCUT2D eigenvalue weighted by Gasteiger charge is -2.09. The van der Waals surface area contributed by atoms with E-state index >= 15 is 0 Å². The van der Waals surface area contributed by atoms with Crippen LogP contribution in [-0.4, -0.2) is 0 Å². The Morgan fingerprint density at radius 3 is 2.50 bits per heavy atom. The molecule has 4 aromatic rings. The maximum Gasteiger partial charge on any atom is 0.216 e. The highest BCUT2D eigenvalue weighted by Gasteiger charge is 2.24. The zero-order valence-electron chi connectivity index (χ0n) is 15.2. The summed E-state index contributed by atoms with van der Waals surface area (Å²) < 4.78 is 36.3. The van der Waals surface area contributed by atoms with Gasteiger partial charge >= 0.3 is 0 Å². The van der Waals surface area contributed by atoms with Crippen LogP contribution in [0.2, 0.25) is 0 Å². The smallest absolute Gasteiger partial charge is 0.216 e. The van der Waals surface area contributed by atoms with Gasteiger partial charge in [0.05, 0.1) is 10.9 Å². The molecule has 0 unspecified atom stereocenters. The van der Waals surface area contributed by atoms with Crippen LogP contribution in [-0.2, 0) is 7.05 Å². The fourth-order valence-corrected chi connectivity index (χ4v) is 3.55. The Morgan fingerprint density at radius 2 is 1.81 bits per heavy atom. The zero-order chi connectivity index (χ0) is 18.6. The summed E-state index contributed by atoms with van der Waals surface area (Å²) in [6.45, 7) is 6.15. The summed E-state index contributed by atoms with van der Waals surface area (Å²) in [5.41, 5.74) is 4.57. The lowest BCUT2D eigenvalue weighted by atomic mass is 9.98. The molecule has 0 aliphatic carbocycles. The number of pyridine rings is 1. The van der Waals surface area contributed by atoms with Gasteiger partial charge in [0.25, 0.3) is 0 Å². The molecular formula is C22H20F2NO+. The highest BCUT2D eigenvalue weighted by atomic mass is 19.1. The molecule has 2 aromatic heterocycles. The number of aryl methyl sites for hydroxylation is 2. The second-order valence-corrected chi connectivity index (χ2v) is 7.11. The number of hydrogen-bond acceptors (Lipinski definition) is 1. The second-order valence-electron chi connectivity index (χ2n) is 7.11. The van der Waals surface area contributed by atoms with Gasteiger partial charge in [-0.1, -0.05) is 13.8 Å². The lowest BCUT2D eigenvalue weighted by Crippen LogP contribution is -2.31. The van der Waals surface area contributed by atoms with Crippen LogP contribution in [0.3, 0.4) is 0 Å². The van der Waals surface area contributed by atoms with Gasteiger partial charge in [0.1, 0.15) is 24.3 Å². The van der Waals surface area contributed by atoms with Crippen molar-refractivity contribution in [2.45, 2.75) is 26.7 Å². The van der Waals surface area contributed by atoms with Crippen LogP contribution >= 0.6 is 0 Å². The van der Waals surface area contributed by atoms with Crippen LogP contribution in [0.15, 0.2) is 47.0 Å². The number of benzene rings is 2. The Labute approximate surface area is 150 Å². The molecule has 0 N–H and O–H groups in total. The third-order valence-corrected chi connectivity index (χ3v) is 4.93. The molecule has 132 valence electrons. The standard InChI is InChI=1S/C22H20F2NO/c1-12(2)14-5-8-18(25(4)11-14)20-13(3)9-17(24)21-16-7-6-15(23)10-19(16)26-22(20)21/h5-12H,1-4H3/q+1. The van der Waals surface area contributed by atoms with E-state index in [1.807, 2.05) is 24.6 Å². The van der Waals surface area contributed by atoms with Gasteiger partial charge in [-0.3, -0.25) is 0 Å². The quantitative estimate of drug-likeness (QED) is 0.418. The molecule has 0 amide bonds. The molecule has 0 atom stereocenters. The molecule has 0 aliphatic heterocycles. The minimum atomic E-state index is -0.401. The van der Waals surface area contributed by atoms with Gasteiger partial charge in [-0.05, 0) is 42.7 Å². The molecule has 0 fully saturated rings. The van der Waals surface area contributed by atoms with E-state index in [4.69, 9.17) is 4.42 Å². The molecule has 4 heteroatoms. The monoisotopic (exact) mass is 352 g/mol. The molecule has 4 rings (SSSR count). The van der Waals surface area contributed by atoms with Gasteiger partial charge < -0.3 is 4.42 Å². The predicted octanol–water partition coefficient (Wildman–Crippen LogP) is 5.79. The second kappa shape index (κ2) is 5.90. The average molecular weight is 352 g/mol. The number of halogens is 2. The highest BCUT2D eigenvalue weighted by molar-refractivity contribution is 6.10. The summed E-state index contributed by atoms with van der Waals surface area (Å²) in [7, 11) is 1.97. The van der Waals surface area contributed by atoms with Crippen LogP contribution in [0, 0.1) is 18.6 Å². The zero-order valence-corrected chi connectivity index (χ0v) is 15.2. The first-order valence-electron chi connectivity index (χ1n) is 8.67. The first kappa shape index (κ1) is 16.7. The van der Waals surface area contributed by atoms with E-state index in [0.717, 1.165) is 16.8 Å². The molecule has 0 saturated heterocycles. The van der Waals surface area contributed by atoms with Gasteiger partial charge in [0.2, 0.25) is 5.69 Å². The molecule has 2 nitrogen and oxygen atoms in total. The highest BCUT2D eigenvalue weighted by Crippen LogP contribution is 2.38. The average Bonchev–Trinajstić information content (AvgIpc) is 2.94. The van der Waals surface area contributed by atoms with Crippen LogP contribution in [0.25, 0.3) is 33.2 Å². The topological polar surface area (TPSA) is 17.0 Å². The van der Waals surface area contributed by atoms with Crippen molar-refractivity contribution >= 4 is 21.9 Å². The van der Waals surface area contributed by atoms with Crippen molar-refractivity contribution in [3.63, 3.8) is 0 Å². The van der Waals surface area contributed by atoms with E-state index in [0.29, 0.717) is 27.9 Å². The van der Waals surface area contributed by atoms with Crippen LogP contribution in [0.5, 0.6) is 0 Å². The van der Waals surface area contributed by atoms with Gasteiger partial charge in [-0.2, -0.15) is 0 Å². The molecule has 0 saturated carbocycles.